The number of morpholine rings is 1. The van der Waals surface area contributed by atoms with Crippen LogP contribution in [0, 0.1) is 17.8 Å². The molecular formula is C31H40N4O5S. The summed E-state index contributed by atoms with van der Waals surface area (Å²) in [6.45, 7) is 8.93. The highest BCUT2D eigenvalue weighted by atomic mass is 32.2. The van der Waals surface area contributed by atoms with Crippen molar-refractivity contribution >= 4 is 35.2 Å². The Bertz CT molecular complexity index is 1220. The molecule has 41 heavy (non-hydrogen) atoms. The Hall–Kier alpha value is -2.66. The summed E-state index contributed by atoms with van der Waals surface area (Å²) in [5, 5.41) is 10.3. The summed E-state index contributed by atoms with van der Waals surface area (Å²) in [6.07, 6.45) is 8.14. The van der Waals surface area contributed by atoms with Gasteiger partial charge in [0.1, 0.15) is 6.04 Å². The van der Waals surface area contributed by atoms with Gasteiger partial charge in [0.05, 0.1) is 42.4 Å². The molecule has 1 aromatic carbocycles. The smallest absolute Gasteiger partial charge is 0.247 e. The molecule has 5 heterocycles. The molecular weight excluding hydrogens is 540 g/mol. The zero-order chi connectivity index (χ0) is 28.7. The lowest BCUT2D eigenvalue weighted by Gasteiger charge is -2.40. The van der Waals surface area contributed by atoms with Crippen LogP contribution in [0.25, 0.3) is 0 Å². The normalized spacial score (nSPS) is 32.7. The highest BCUT2D eigenvalue weighted by molar-refractivity contribution is 8.02. The molecule has 3 amide bonds. The summed E-state index contributed by atoms with van der Waals surface area (Å²) in [5.74, 6) is -1.76. The van der Waals surface area contributed by atoms with E-state index in [9.17, 15) is 19.5 Å². The molecule has 1 aromatic rings. The topological polar surface area (TPSA) is 93.6 Å². The van der Waals surface area contributed by atoms with Gasteiger partial charge in [-0.1, -0.05) is 56.4 Å². The Morgan fingerprint density at radius 1 is 1.00 bits per heavy atom. The van der Waals surface area contributed by atoms with Crippen molar-refractivity contribution in [3.63, 3.8) is 0 Å². The van der Waals surface area contributed by atoms with Gasteiger partial charge in [-0.15, -0.1) is 11.8 Å². The molecule has 6 rings (SSSR count). The van der Waals surface area contributed by atoms with Crippen molar-refractivity contribution in [3.8, 4) is 0 Å². The molecule has 3 fully saturated rings. The average molecular weight is 581 g/mol. The van der Waals surface area contributed by atoms with Crippen LogP contribution < -0.4 is 4.90 Å². The predicted octanol–water partition coefficient (Wildman–Crippen LogP) is 1.63. The van der Waals surface area contributed by atoms with E-state index >= 15 is 0 Å². The van der Waals surface area contributed by atoms with Gasteiger partial charge >= 0.3 is 0 Å². The molecule has 10 heteroatoms. The van der Waals surface area contributed by atoms with E-state index in [1.165, 1.54) is 0 Å². The second-order valence-electron chi connectivity index (χ2n) is 11.9. The Balaban J connectivity index is 1.38. The molecule has 0 radical (unpaired) electrons. The Morgan fingerprint density at radius 3 is 2.46 bits per heavy atom. The van der Waals surface area contributed by atoms with Crippen LogP contribution in [0.2, 0.25) is 0 Å². The van der Waals surface area contributed by atoms with Crippen molar-refractivity contribution in [2.45, 2.75) is 35.9 Å². The highest BCUT2D eigenvalue weighted by Crippen LogP contribution is 2.61. The standard InChI is InChI=1S/C31H40N4O5S/c1-21(2)23(20-36)35-27-30(39)33(15-14-32-16-18-40-19-17-32)12-7-11-31(27)26(29(35)38)25-24(41-31)10-6-13-34(28(25)37)22-8-4-3-5-9-22/h3-11,21,23-27,36H,12-20H2,1-2H3/t23-,24-,25+,26-,27?,31-/m0/s1. The van der Waals surface area contributed by atoms with Crippen molar-refractivity contribution in [3.05, 3.63) is 54.6 Å². The molecule has 5 aliphatic rings. The van der Waals surface area contributed by atoms with Crippen molar-refractivity contribution in [1.29, 1.82) is 0 Å². The minimum Gasteiger partial charge on any atom is -0.394 e. The zero-order valence-corrected chi connectivity index (χ0v) is 24.6. The molecule has 5 aliphatic heterocycles. The number of aliphatic hydroxyl groups is 1. The maximum Gasteiger partial charge on any atom is 0.247 e. The molecule has 1 spiro atoms. The quantitative estimate of drug-likeness (QED) is 0.490. The molecule has 0 bridgehead atoms. The van der Waals surface area contributed by atoms with E-state index in [2.05, 4.69) is 17.1 Å². The molecule has 220 valence electrons. The van der Waals surface area contributed by atoms with Gasteiger partial charge in [0.15, 0.2) is 0 Å². The van der Waals surface area contributed by atoms with Gasteiger partial charge in [-0.2, -0.15) is 0 Å². The monoisotopic (exact) mass is 580 g/mol. The summed E-state index contributed by atoms with van der Waals surface area (Å²) in [6, 6.07) is 8.25. The number of hydrogen-bond donors (Lipinski definition) is 1. The van der Waals surface area contributed by atoms with Crippen LogP contribution in [0.1, 0.15) is 13.8 Å². The molecule has 0 aromatic heterocycles. The van der Waals surface area contributed by atoms with E-state index in [4.69, 9.17) is 4.74 Å². The van der Waals surface area contributed by atoms with Gasteiger partial charge in [0.25, 0.3) is 0 Å². The van der Waals surface area contributed by atoms with Crippen LogP contribution in [-0.2, 0) is 19.1 Å². The van der Waals surface area contributed by atoms with Gasteiger partial charge < -0.3 is 24.5 Å². The second kappa shape index (κ2) is 11.6. The van der Waals surface area contributed by atoms with Gasteiger partial charge in [0.2, 0.25) is 17.7 Å². The van der Waals surface area contributed by atoms with Gasteiger partial charge in [0, 0.05) is 50.2 Å². The number of carbonyl (C=O) groups is 3. The van der Waals surface area contributed by atoms with Crippen molar-refractivity contribution in [2.75, 3.05) is 64.0 Å². The lowest BCUT2D eigenvalue weighted by Crippen LogP contribution is -2.58. The van der Waals surface area contributed by atoms with Gasteiger partial charge in [-0.05, 0) is 18.1 Å². The number of rotatable bonds is 7. The number of benzene rings is 1. The van der Waals surface area contributed by atoms with E-state index in [1.54, 1.807) is 21.6 Å². The summed E-state index contributed by atoms with van der Waals surface area (Å²) in [7, 11) is 0. The van der Waals surface area contributed by atoms with Crippen molar-refractivity contribution < 1.29 is 24.2 Å². The highest BCUT2D eigenvalue weighted by Gasteiger charge is 2.71. The average Bonchev–Trinajstić information content (AvgIpc) is 3.29. The number of carbonyl (C=O) groups excluding carboxylic acids is 3. The minimum atomic E-state index is -0.890. The number of anilines is 1. The minimum absolute atomic E-state index is 0.0620. The number of ether oxygens (including phenoxy) is 1. The molecule has 1 unspecified atom stereocenters. The lowest BCUT2D eigenvalue weighted by atomic mass is 9.78. The maximum atomic E-state index is 14.6. The predicted molar refractivity (Wildman–Crippen MR) is 158 cm³/mol. The summed E-state index contributed by atoms with van der Waals surface area (Å²) in [5.41, 5.74) is 0.796. The van der Waals surface area contributed by atoms with Crippen LogP contribution in [0.15, 0.2) is 54.6 Å². The third-order valence-corrected chi connectivity index (χ3v) is 11.1. The zero-order valence-electron chi connectivity index (χ0n) is 23.8. The number of amides is 3. The summed E-state index contributed by atoms with van der Waals surface area (Å²) >= 11 is 1.58. The number of thioether (sulfide) groups is 1. The van der Waals surface area contributed by atoms with E-state index in [-0.39, 0.29) is 35.5 Å². The first kappa shape index (κ1) is 28.5. The molecule has 1 N–H and O–H groups in total. The van der Waals surface area contributed by atoms with Crippen LogP contribution in [-0.4, -0.2) is 119 Å². The number of fused-ring (bicyclic) bond motifs is 2. The Kier molecular flexibility index (Phi) is 8.02. The fourth-order valence-electron chi connectivity index (χ4n) is 7.23. The second-order valence-corrected chi connectivity index (χ2v) is 13.4. The summed E-state index contributed by atoms with van der Waals surface area (Å²) in [4.78, 5) is 50.9. The fraction of sp³-hybridized carbons (Fsp3) is 0.581. The molecule has 0 saturated carbocycles. The molecule has 9 nitrogen and oxygen atoms in total. The van der Waals surface area contributed by atoms with E-state index < -0.39 is 28.7 Å². The van der Waals surface area contributed by atoms with Crippen LogP contribution in [0.3, 0.4) is 0 Å². The number of likely N-dealkylation sites (tertiary alicyclic amines) is 1. The van der Waals surface area contributed by atoms with Gasteiger partial charge in [-0.3, -0.25) is 19.3 Å². The molecule has 0 aliphatic carbocycles. The van der Waals surface area contributed by atoms with Crippen LogP contribution in [0.4, 0.5) is 5.69 Å². The Morgan fingerprint density at radius 2 is 1.76 bits per heavy atom. The maximum absolute atomic E-state index is 14.6. The molecule has 6 atom stereocenters. The number of para-hydroxylation sites is 1. The number of aliphatic hydroxyl groups excluding tert-OH is 1. The van der Waals surface area contributed by atoms with Crippen molar-refractivity contribution in [1.82, 2.24) is 14.7 Å². The van der Waals surface area contributed by atoms with Gasteiger partial charge in [-0.25, -0.2) is 0 Å². The van der Waals surface area contributed by atoms with E-state index in [0.29, 0.717) is 32.8 Å². The largest absolute Gasteiger partial charge is 0.394 e. The first-order valence-corrected chi connectivity index (χ1v) is 15.7. The molecule has 3 saturated heterocycles. The van der Waals surface area contributed by atoms with E-state index in [1.807, 2.05) is 61.2 Å². The van der Waals surface area contributed by atoms with Crippen LogP contribution >= 0.6 is 11.8 Å². The number of nitrogens with zero attached hydrogens (tertiary/aromatic N) is 4. The third-order valence-electron chi connectivity index (χ3n) is 9.35. The van der Waals surface area contributed by atoms with E-state index in [0.717, 1.165) is 25.3 Å². The Labute approximate surface area is 246 Å². The van der Waals surface area contributed by atoms with Crippen LogP contribution in [0.5, 0.6) is 0 Å². The third kappa shape index (κ3) is 4.82. The number of hydrogen-bond acceptors (Lipinski definition) is 7. The first-order valence-electron chi connectivity index (χ1n) is 14.8. The summed E-state index contributed by atoms with van der Waals surface area (Å²) < 4.78 is 4.59. The first-order chi connectivity index (χ1) is 19.9. The lowest BCUT2D eigenvalue weighted by molar-refractivity contribution is -0.146. The fourth-order valence-corrected chi connectivity index (χ4v) is 9.22. The van der Waals surface area contributed by atoms with Crippen molar-refractivity contribution in [2.24, 2.45) is 17.8 Å². The SMILES string of the molecule is CC(C)[C@H](CO)N1C(=O)[C@@H]2[C@@H]3C(=O)N(c4ccccc4)CC=C[C@@H]3S[C@@]23C=CCN(CCN2CCOCC2)C(=O)C13.